The van der Waals surface area contributed by atoms with E-state index in [9.17, 15) is 14.4 Å². The summed E-state index contributed by atoms with van der Waals surface area (Å²) in [4.78, 5) is 40.9. The maximum atomic E-state index is 12.7. The number of hydrogen-bond donors (Lipinski definition) is 0. The second-order valence-corrected chi connectivity index (χ2v) is 7.16. The van der Waals surface area contributed by atoms with Crippen molar-refractivity contribution in [2.75, 3.05) is 37.6 Å². The molecular formula is C17H20BrN3O3. The fourth-order valence-corrected chi connectivity index (χ4v) is 3.54. The third-order valence-corrected chi connectivity index (χ3v) is 5.57. The van der Waals surface area contributed by atoms with Gasteiger partial charge in [0, 0.05) is 49.3 Å². The minimum Gasteiger partial charge on any atom is -0.342 e. The second kappa shape index (κ2) is 6.93. The zero-order valence-electron chi connectivity index (χ0n) is 13.6. The van der Waals surface area contributed by atoms with E-state index >= 15 is 0 Å². The molecule has 1 aromatic carbocycles. The van der Waals surface area contributed by atoms with Crippen molar-refractivity contribution in [2.45, 2.75) is 13.3 Å². The van der Waals surface area contributed by atoms with Crippen LogP contribution in [-0.2, 0) is 14.4 Å². The van der Waals surface area contributed by atoms with Gasteiger partial charge in [-0.05, 0) is 24.6 Å². The van der Waals surface area contributed by atoms with Crippen molar-refractivity contribution in [3.05, 3.63) is 28.2 Å². The van der Waals surface area contributed by atoms with E-state index in [1.54, 1.807) is 14.7 Å². The quantitative estimate of drug-likeness (QED) is 0.729. The number of carbonyl (C=O) groups is 3. The van der Waals surface area contributed by atoms with E-state index in [0.29, 0.717) is 32.7 Å². The zero-order valence-corrected chi connectivity index (χ0v) is 15.2. The van der Waals surface area contributed by atoms with Crippen molar-refractivity contribution >= 4 is 39.8 Å². The molecule has 2 saturated heterocycles. The summed E-state index contributed by atoms with van der Waals surface area (Å²) < 4.78 is 0.951. The largest absolute Gasteiger partial charge is 0.342 e. The molecule has 24 heavy (non-hydrogen) atoms. The average Bonchev–Trinajstić information content (AvgIpc) is 2.98. The fraction of sp³-hybridized carbons (Fsp3) is 0.471. The van der Waals surface area contributed by atoms with Crippen LogP contribution in [0.2, 0.25) is 0 Å². The summed E-state index contributed by atoms with van der Waals surface area (Å²) in [6.07, 6.45) is 1.07. The summed E-state index contributed by atoms with van der Waals surface area (Å²) in [5.41, 5.74) is 1.92. The SMILES string of the molecule is Cc1ccc(N2CC(C(=O)N3CCN(C=O)CC3)CC2=O)cc1Br. The smallest absolute Gasteiger partial charge is 0.228 e. The monoisotopic (exact) mass is 393 g/mol. The minimum atomic E-state index is -0.305. The summed E-state index contributed by atoms with van der Waals surface area (Å²) in [5.74, 6) is -0.307. The molecule has 7 heteroatoms. The van der Waals surface area contributed by atoms with Gasteiger partial charge in [0.05, 0.1) is 5.92 Å². The number of halogens is 1. The van der Waals surface area contributed by atoms with Crippen LogP contribution in [0.3, 0.4) is 0 Å². The lowest BCUT2D eigenvalue weighted by Crippen LogP contribution is -2.50. The van der Waals surface area contributed by atoms with Gasteiger partial charge in [0.25, 0.3) is 0 Å². The van der Waals surface area contributed by atoms with Gasteiger partial charge in [-0.15, -0.1) is 0 Å². The van der Waals surface area contributed by atoms with Gasteiger partial charge in [0.15, 0.2) is 0 Å². The van der Waals surface area contributed by atoms with Gasteiger partial charge in [-0.1, -0.05) is 22.0 Å². The summed E-state index contributed by atoms with van der Waals surface area (Å²) >= 11 is 3.49. The van der Waals surface area contributed by atoms with Crippen molar-refractivity contribution in [3.8, 4) is 0 Å². The van der Waals surface area contributed by atoms with Gasteiger partial charge in [-0.3, -0.25) is 14.4 Å². The Kier molecular flexibility index (Phi) is 4.89. The highest BCUT2D eigenvalue weighted by molar-refractivity contribution is 9.10. The van der Waals surface area contributed by atoms with E-state index in [1.807, 2.05) is 25.1 Å². The molecule has 0 aliphatic carbocycles. The van der Waals surface area contributed by atoms with E-state index in [-0.39, 0.29) is 24.2 Å². The lowest BCUT2D eigenvalue weighted by atomic mass is 10.1. The molecule has 0 aromatic heterocycles. The number of aryl methyl sites for hydroxylation is 1. The van der Waals surface area contributed by atoms with E-state index in [2.05, 4.69) is 15.9 Å². The van der Waals surface area contributed by atoms with Crippen LogP contribution in [-0.4, -0.2) is 60.7 Å². The number of carbonyl (C=O) groups excluding carboxylic acids is 3. The number of anilines is 1. The van der Waals surface area contributed by atoms with Crippen molar-refractivity contribution < 1.29 is 14.4 Å². The van der Waals surface area contributed by atoms with Crippen LogP contribution >= 0.6 is 15.9 Å². The Labute approximate surface area is 149 Å². The first-order valence-electron chi connectivity index (χ1n) is 8.04. The predicted octanol–water partition coefficient (Wildman–Crippen LogP) is 1.41. The summed E-state index contributed by atoms with van der Waals surface area (Å²) in [7, 11) is 0. The van der Waals surface area contributed by atoms with Crippen LogP contribution in [0.1, 0.15) is 12.0 Å². The summed E-state index contributed by atoms with van der Waals surface area (Å²) in [6, 6.07) is 5.79. The molecule has 3 rings (SSSR count). The highest BCUT2D eigenvalue weighted by atomic mass is 79.9. The molecule has 0 N–H and O–H groups in total. The Bertz CT molecular complexity index is 671. The maximum absolute atomic E-state index is 12.7. The highest BCUT2D eigenvalue weighted by Crippen LogP contribution is 2.29. The first-order valence-corrected chi connectivity index (χ1v) is 8.83. The number of benzene rings is 1. The molecule has 1 atom stereocenters. The summed E-state index contributed by atoms with van der Waals surface area (Å²) in [5, 5.41) is 0. The van der Waals surface area contributed by atoms with Crippen molar-refractivity contribution in [1.29, 1.82) is 0 Å². The number of amides is 3. The third-order valence-electron chi connectivity index (χ3n) is 4.72. The molecule has 2 aliphatic heterocycles. The number of rotatable bonds is 3. The van der Waals surface area contributed by atoms with Gasteiger partial charge in [0.1, 0.15) is 0 Å². The molecule has 1 aromatic rings. The molecule has 2 aliphatic rings. The highest BCUT2D eigenvalue weighted by Gasteiger charge is 2.37. The molecule has 3 amide bonds. The number of nitrogens with zero attached hydrogens (tertiary/aromatic N) is 3. The summed E-state index contributed by atoms with van der Waals surface area (Å²) in [6.45, 7) is 4.61. The van der Waals surface area contributed by atoms with Crippen LogP contribution in [0.4, 0.5) is 5.69 Å². The molecule has 0 spiro atoms. The molecule has 2 heterocycles. The lowest BCUT2D eigenvalue weighted by molar-refractivity contribution is -0.139. The Hall–Kier alpha value is -1.89. The molecular weight excluding hydrogens is 374 g/mol. The lowest BCUT2D eigenvalue weighted by Gasteiger charge is -2.33. The van der Waals surface area contributed by atoms with Gasteiger partial charge >= 0.3 is 0 Å². The predicted molar refractivity (Wildman–Crippen MR) is 93.6 cm³/mol. The molecule has 128 valence electrons. The van der Waals surface area contributed by atoms with Crippen molar-refractivity contribution in [1.82, 2.24) is 9.80 Å². The zero-order chi connectivity index (χ0) is 17.3. The van der Waals surface area contributed by atoms with Gasteiger partial charge < -0.3 is 14.7 Å². The third kappa shape index (κ3) is 3.31. The topological polar surface area (TPSA) is 60.9 Å². The maximum Gasteiger partial charge on any atom is 0.228 e. The van der Waals surface area contributed by atoms with Crippen LogP contribution in [0.25, 0.3) is 0 Å². The Morgan fingerprint density at radius 2 is 1.96 bits per heavy atom. The van der Waals surface area contributed by atoms with Crippen LogP contribution in [0.15, 0.2) is 22.7 Å². The number of piperazine rings is 1. The minimum absolute atomic E-state index is 0.0163. The van der Waals surface area contributed by atoms with Gasteiger partial charge in [-0.2, -0.15) is 0 Å². The normalized spacial score (nSPS) is 21.3. The Morgan fingerprint density at radius 3 is 2.58 bits per heavy atom. The molecule has 0 bridgehead atoms. The molecule has 1 unspecified atom stereocenters. The van der Waals surface area contributed by atoms with Gasteiger partial charge in [0.2, 0.25) is 18.2 Å². The van der Waals surface area contributed by atoms with Crippen molar-refractivity contribution in [3.63, 3.8) is 0 Å². The molecule has 2 fully saturated rings. The Morgan fingerprint density at radius 1 is 1.25 bits per heavy atom. The standard InChI is InChI=1S/C17H20BrN3O3/c1-12-2-3-14(9-15(12)18)21-10-13(8-16(21)23)17(24)20-6-4-19(11-22)5-7-20/h2-3,9,11,13H,4-8,10H2,1H3. The molecule has 0 saturated carbocycles. The van der Waals surface area contributed by atoms with E-state index < -0.39 is 0 Å². The fourth-order valence-electron chi connectivity index (χ4n) is 3.18. The van der Waals surface area contributed by atoms with Crippen LogP contribution in [0, 0.1) is 12.8 Å². The van der Waals surface area contributed by atoms with Crippen molar-refractivity contribution in [2.24, 2.45) is 5.92 Å². The van der Waals surface area contributed by atoms with E-state index in [4.69, 9.17) is 0 Å². The molecule has 6 nitrogen and oxygen atoms in total. The van der Waals surface area contributed by atoms with Crippen LogP contribution < -0.4 is 4.90 Å². The average molecular weight is 394 g/mol. The van der Waals surface area contributed by atoms with Crippen LogP contribution in [0.5, 0.6) is 0 Å². The Balaban J connectivity index is 1.67. The first kappa shape index (κ1) is 17.0. The van der Waals surface area contributed by atoms with E-state index in [1.165, 1.54) is 0 Å². The molecule has 0 radical (unpaired) electrons. The second-order valence-electron chi connectivity index (χ2n) is 6.31. The number of hydrogen-bond acceptors (Lipinski definition) is 3. The first-order chi connectivity index (χ1) is 11.5. The van der Waals surface area contributed by atoms with E-state index in [0.717, 1.165) is 22.1 Å². The van der Waals surface area contributed by atoms with Gasteiger partial charge in [-0.25, -0.2) is 0 Å².